The van der Waals surface area contributed by atoms with Crippen molar-refractivity contribution in [1.29, 1.82) is 5.26 Å². The number of benzene rings is 1. The van der Waals surface area contributed by atoms with Gasteiger partial charge in [-0.3, -0.25) is 4.79 Å². The molecule has 0 aliphatic heterocycles. The molecule has 5 heteroatoms. The molecule has 0 saturated heterocycles. The minimum atomic E-state index is -0.704. The highest BCUT2D eigenvalue weighted by Gasteiger charge is 2.13. The summed E-state index contributed by atoms with van der Waals surface area (Å²) in [4.78, 5) is 11.4. The summed E-state index contributed by atoms with van der Waals surface area (Å²) in [5, 5.41) is 11.0. The zero-order chi connectivity index (χ0) is 11.4. The molecule has 0 bridgehead atoms. The van der Waals surface area contributed by atoms with Crippen LogP contribution < -0.4 is 5.32 Å². The predicted octanol–water partition coefficient (Wildman–Crippen LogP) is 2.12. The number of carbonyl (C=O) groups excluding carboxylic acids is 1. The van der Waals surface area contributed by atoms with Crippen LogP contribution >= 0.6 is 11.6 Å². The fourth-order valence-electron chi connectivity index (χ4n) is 0.980. The Kier molecular flexibility index (Phi) is 3.64. The SMILES string of the molecule is CC(C#N)NC(=O)c1ccc(Cl)cc1F. The molecule has 0 aliphatic carbocycles. The average molecular weight is 227 g/mol. The van der Waals surface area contributed by atoms with Crippen LogP contribution in [0.25, 0.3) is 0 Å². The van der Waals surface area contributed by atoms with Gasteiger partial charge in [0.15, 0.2) is 0 Å². The van der Waals surface area contributed by atoms with E-state index in [-0.39, 0.29) is 10.6 Å². The van der Waals surface area contributed by atoms with Gasteiger partial charge in [0, 0.05) is 5.02 Å². The Bertz CT molecular complexity index is 428. The molecule has 0 saturated carbocycles. The number of rotatable bonds is 2. The third kappa shape index (κ3) is 2.93. The van der Waals surface area contributed by atoms with Crippen LogP contribution in [0.3, 0.4) is 0 Å². The maximum absolute atomic E-state index is 13.2. The van der Waals surface area contributed by atoms with Crippen LogP contribution in [0.1, 0.15) is 17.3 Å². The molecule has 0 aromatic heterocycles. The predicted molar refractivity (Wildman–Crippen MR) is 54.0 cm³/mol. The van der Waals surface area contributed by atoms with Crippen molar-refractivity contribution in [2.75, 3.05) is 0 Å². The monoisotopic (exact) mass is 226 g/mol. The van der Waals surface area contributed by atoms with Crippen molar-refractivity contribution in [3.63, 3.8) is 0 Å². The number of hydrogen-bond acceptors (Lipinski definition) is 2. The molecule has 1 amide bonds. The molecule has 1 aromatic rings. The van der Waals surface area contributed by atoms with E-state index in [2.05, 4.69) is 5.32 Å². The van der Waals surface area contributed by atoms with E-state index < -0.39 is 17.8 Å². The Labute approximate surface area is 91.5 Å². The first-order valence-electron chi connectivity index (χ1n) is 4.20. The van der Waals surface area contributed by atoms with Crippen LogP contribution in [0.5, 0.6) is 0 Å². The first-order chi connectivity index (χ1) is 7.04. The second-order valence-electron chi connectivity index (χ2n) is 2.95. The summed E-state index contributed by atoms with van der Waals surface area (Å²) in [6.07, 6.45) is 0. The van der Waals surface area contributed by atoms with E-state index in [1.54, 1.807) is 0 Å². The molecule has 0 fully saturated rings. The van der Waals surface area contributed by atoms with E-state index in [9.17, 15) is 9.18 Å². The second-order valence-corrected chi connectivity index (χ2v) is 3.38. The fourth-order valence-corrected chi connectivity index (χ4v) is 1.14. The van der Waals surface area contributed by atoms with Crippen LogP contribution in [-0.4, -0.2) is 11.9 Å². The molecule has 0 spiro atoms. The van der Waals surface area contributed by atoms with Gasteiger partial charge < -0.3 is 5.32 Å². The number of nitrogens with one attached hydrogen (secondary N) is 1. The highest BCUT2D eigenvalue weighted by Crippen LogP contribution is 2.14. The Hall–Kier alpha value is -1.60. The lowest BCUT2D eigenvalue weighted by molar-refractivity contribution is 0.0944. The lowest BCUT2D eigenvalue weighted by Crippen LogP contribution is -2.31. The first kappa shape index (κ1) is 11.5. The molecule has 78 valence electrons. The molecule has 0 radical (unpaired) electrons. The van der Waals surface area contributed by atoms with Crippen molar-refractivity contribution in [3.05, 3.63) is 34.6 Å². The summed E-state index contributed by atoms with van der Waals surface area (Å²) < 4.78 is 13.2. The first-order valence-corrected chi connectivity index (χ1v) is 4.58. The minimum Gasteiger partial charge on any atom is -0.336 e. The van der Waals surface area contributed by atoms with Crippen LogP contribution in [-0.2, 0) is 0 Å². The third-order valence-corrected chi connectivity index (χ3v) is 1.95. The number of halogens is 2. The smallest absolute Gasteiger partial charge is 0.255 e. The van der Waals surface area contributed by atoms with Crippen molar-refractivity contribution in [3.8, 4) is 6.07 Å². The van der Waals surface area contributed by atoms with Gasteiger partial charge in [-0.05, 0) is 25.1 Å². The molecule has 1 aromatic carbocycles. The molecule has 1 rings (SSSR count). The Morgan fingerprint density at radius 2 is 2.33 bits per heavy atom. The van der Waals surface area contributed by atoms with Crippen LogP contribution in [0.15, 0.2) is 18.2 Å². The highest BCUT2D eigenvalue weighted by atomic mass is 35.5. The maximum atomic E-state index is 13.2. The van der Waals surface area contributed by atoms with E-state index >= 15 is 0 Å². The summed E-state index contributed by atoms with van der Waals surface area (Å²) in [5.74, 6) is -1.33. The Morgan fingerprint density at radius 3 is 2.87 bits per heavy atom. The van der Waals surface area contributed by atoms with Gasteiger partial charge in [-0.25, -0.2) is 4.39 Å². The molecule has 1 N–H and O–H groups in total. The van der Waals surface area contributed by atoms with Crippen LogP contribution in [0.4, 0.5) is 4.39 Å². The number of nitrogens with zero attached hydrogens (tertiary/aromatic N) is 1. The lowest BCUT2D eigenvalue weighted by atomic mass is 10.2. The topological polar surface area (TPSA) is 52.9 Å². The van der Waals surface area contributed by atoms with Crippen molar-refractivity contribution in [2.45, 2.75) is 13.0 Å². The van der Waals surface area contributed by atoms with E-state index in [4.69, 9.17) is 16.9 Å². The molecular weight excluding hydrogens is 219 g/mol. The zero-order valence-electron chi connectivity index (χ0n) is 7.92. The molecule has 0 heterocycles. The highest BCUT2D eigenvalue weighted by molar-refractivity contribution is 6.30. The van der Waals surface area contributed by atoms with Gasteiger partial charge in [0.25, 0.3) is 5.91 Å². The van der Waals surface area contributed by atoms with Gasteiger partial charge in [-0.15, -0.1) is 0 Å². The molecule has 0 aliphatic rings. The van der Waals surface area contributed by atoms with Gasteiger partial charge in [-0.2, -0.15) is 5.26 Å². The Morgan fingerprint density at radius 1 is 1.67 bits per heavy atom. The number of carbonyl (C=O) groups is 1. The van der Waals surface area contributed by atoms with Crippen molar-refractivity contribution in [2.24, 2.45) is 0 Å². The number of hydrogen-bond donors (Lipinski definition) is 1. The van der Waals surface area contributed by atoms with Gasteiger partial charge in [0.2, 0.25) is 0 Å². The zero-order valence-corrected chi connectivity index (χ0v) is 8.68. The lowest BCUT2D eigenvalue weighted by Gasteiger charge is -2.07. The normalized spacial score (nSPS) is 11.6. The van der Waals surface area contributed by atoms with Crippen LogP contribution in [0, 0.1) is 17.1 Å². The summed E-state index contributed by atoms with van der Waals surface area (Å²) in [5.41, 5.74) is -0.124. The van der Waals surface area contributed by atoms with Gasteiger partial charge in [0.1, 0.15) is 11.9 Å². The summed E-state index contributed by atoms with van der Waals surface area (Å²) in [6.45, 7) is 1.51. The molecular formula is C10H8ClFN2O. The maximum Gasteiger partial charge on any atom is 0.255 e. The largest absolute Gasteiger partial charge is 0.336 e. The Balaban J connectivity index is 2.88. The molecule has 15 heavy (non-hydrogen) atoms. The van der Waals surface area contributed by atoms with E-state index in [1.807, 2.05) is 6.07 Å². The molecule has 3 nitrogen and oxygen atoms in total. The van der Waals surface area contributed by atoms with Gasteiger partial charge in [-0.1, -0.05) is 11.6 Å². The minimum absolute atomic E-state index is 0.124. The average Bonchev–Trinajstić information content (AvgIpc) is 2.17. The number of amides is 1. The van der Waals surface area contributed by atoms with E-state index in [0.29, 0.717) is 0 Å². The number of nitriles is 1. The van der Waals surface area contributed by atoms with E-state index in [0.717, 1.165) is 6.07 Å². The standard InChI is InChI=1S/C10H8ClFN2O/c1-6(5-13)14-10(15)8-3-2-7(11)4-9(8)12/h2-4,6H,1H3,(H,14,15). The van der Waals surface area contributed by atoms with Gasteiger partial charge in [0.05, 0.1) is 11.6 Å². The summed E-state index contributed by atoms with van der Waals surface area (Å²) in [7, 11) is 0. The van der Waals surface area contributed by atoms with E-state index in [1.165, 1.54) is 19.1 Å². The van der Waals surface area contributed by atoms with Crippen molar-refractivity contribution in [1.82, 2.24) is 5.32 Å². The van der Waals surface area contributed by atoms with Gasteiger partial charge >= 0.3 is 0 Å². The summed E-state index contributed by atoms with van der Waals surface area (Å²) in [6, 6.07) is 4.89. The van der Waals surface area contributed by atoms with Crippen LogP contribution in [0.2, 0.25) is 5.02 Å². The molecule has 1 atom stereocenters. The molecule has 1 unspecified atom stereocenters. The third-order valence-electron chi connectivity index (χ3n) is 1.72. The fraction of sp³-hybridized carbons (Fsp3) is 0.200. The summed E-state index contributed by atoms with van der Waals surface area (Å²) >= 11 is 5.53. The van der Waals surface area contributed by atoms with Crippen molar-refractivity contribution < 1.29 is 9.18 Å². The van der Waals surface area contributed by atoms with Crippen molar-refractivity contribution >= 4 is 17.5 Å². The quantitative estimate of drug-likeness (QED) is 0.840. The second kappa shape index (κ2) is 4.76.